The van der Waals surface area contributed by atoms with E-state index in [1.807, 2.05) is 11.2 Å². The number of nitrogens with zero attached hydrogens (tertiary/aromatic N) is 5. The summed E-state index contributed by atoms with van der Waals surface area (Å²) in [6.45, 7) is 6.34. The summed E-state index contributed by atoms with van der Waals surface area (Å²) in [7, 11) is 0. The second kappa shape index (κ2) is 8.47. The molecular weight excluding hydrogens is 318 g/mol. The summed E-state index contributed by atoms with van der Waals surface area (Å²) in [6.07, 6.45) is 6.29. The molecule has 1 saturated heterocycles. The molecule has 0 N–H and O–H groups in total. The fourth-order valence-electron chi connectivity index (χ4n) is 2.26. The molecule has 0 saturated carbocycles. The van der Waals surface area contributed by atoms with Crippen LogP contribution < -0.4 is 4.90 Å². The number of carbonyl (C=O) groups is 1. The summed E-state index contributed by atoms with van der Waals surface area (Å²) in [5, 5.41) is 8.87. The van der Waals surface area contributed by atoms with E-state index in [2.05, 4.69) is 29.0 Å². The van der Waals surface area contributed by atoms with Crippen molar-refractivity contribution >= 4 is 40.1 Å². The third kappa shape index (κ3) is 3.98. The summed E-state index contributed by atoms with van der Waals surface area (Å²) in [5.74, 6) is 0.804. The third-order valence-electron chi connectivity index (χ3n) is 3.36. The van der Waals surface area contributed by atoms with Gasteiger partial charge in [0.05, 0.1) is 6.54 Å². The van der Waals surface area contributed by atoms with Crippen LogP contribution in [0.5, 0.6) is 0 Å². The number of amidine groups is 1. The van der Waals surface area contributed by atoms with E-state index in [9.17, 15) is 4.79 Å². The fourth-order valence-corrected chi connectivity index (χ4v) is 3.54. The lowest BCUT2D eigenvalue weighted by Gasteiger charge is -2.14. The minimum Gasteiger partial charge on any atom is -0.316 e. The van der Waals surface area contributed by atoms with Crippen molar-refractivity contribution in [1.82, 2.24) is 15.1 Å². The Kier molecular flexibility index (Phi) is 6.63. The van der Waals surface area contributed by atoms with Crippen molar-refractivity contribution in [2.45, 2.75) is 43.9 Å². The number of aromatic nitrogens is 2. The van der Waals surface area contributed by atoms with Crippen LogP contribution >= 0.6 is 23.1 Å². The highest BCUT2D eigenvalue weighted by atomic mass is 32.2. The van der Waals surface area contributed by atoms with Gasteiger partial charge in [-0.25, -0.2) is 9.69 Å². The van der Waals surface area contributed by atoms with E-state index in [-0.39, 0.29) is 6.03 Å². The van der Waals surface area contributed by atoms with Crippen molar-refractivity contribution in [1.29, 1.82) is 0 Å². The van der Waals surface area contributed by atoms with Crippen molar-refractivity contribution in [2.75, 3.05) is 30.8 Å². The minimum absolute atomic E-state index is 0.0279. The Bertz CT molecular complexity index is 531. The molecule has 0 atom stereocenters. The number of hydrogen-bond donors (Lipinski definition) is 0. The van der Waals surface area contributed by atoms with Gasteiger partial charge in [0.1, 0.15) is 5.84 Å². The molecule has 8 heteroatoms. The number of anilines is 1. The van der Waals surface area contributed by atoms with Gasteiger partial charge in [0, 0.05) is 13.1 Å². The quantitative estimate of drug-likeness (QED) is 0.412. The van der Waals surface area contributed by atoms with E-state index in [1.54, 1.807) is 4.90 Å². The molecule has 0 aromatic carbocycles. The smallest absolute Gasteiger partial charge is 0.316 e. The van der Waals surface area contributed by atoms with Gasteiger partial charge in [-0.3, -0.25) is 4.99 Å². The van der Waals surface area contributed by atoms with Crippen LogP contribution in [0.2, 0.25) is 0 Å². The number of unbranched alkanes of at least 4 members (excludes halogenated alkanes) is 2. The Balaban J connectivity index is 2.18. The molecule has 0 radical (unpaired) electrons. The Morgan fingerprint density at radius 1 is 1.27 bits per heavy atom. The number of urea groups is 1. The number of rotatable bonds is 8. The Labute approximate surface area is 140 Å². The van der Waals surface area contributed by atoms with Crippen molar-refractivity contribution in [3.05, 3.63) is 0 Å². The highest BCUT2D eigenvalue weighted by Gasteiger charge is 2.36. The van der Waals surface area contributed by atoms with E-state index in [0.717, 1.165) is 36.1 Å². The monoisotopic (exact) mass is 341 g/mol. The van der Waals surface area contributed by atoms with Crippen LogP contribution in [0, 0.1) is 0 Å². The molecule has 0 unspecified atom stereocenters. The van der Waals surface area contributed by atoms with E-state index >= 15 is 0 Å². The maximum atomic E-state index is 12.6. The zero-order valence-corrected chi connectivity index (χ0v) is 15.0. The first-order valence-electron chi connectivity index (χ1n) is 7.71. The zero-order valence-electron chi connectivity index (χ0n) is 13.4. The second-order valence-corrected chi connectivity index (χ2v) is 7.11. The first-order valence-corrected chi connectivity index (χ1v) is 9.75. The van der Waals surface area contributed by atoms with E-state index < -0.39 is 0 Å². The largest absolute Gasteiger partial charge is 0.332 e. The highest BCUT2D eigenvalue weighted by Crippen LogP contribution is 2.29. The van der Waals surface area contributed by atoms with Gasteiger partial charge >= 0.3 is 6.03 Å². The van der Waals surface area contributed by atoms with E-state index in [4.69, 9.17) is 0 Å². The van der Waals surface area contributed by atoms with Crippen LogP contribution in [-0.2, 0) is 0 Å². The molecule has 1 aliphatic heterocycles. The third-order valence-corrected chi connectivity index (χ3v) is 5.25. The molecule has 2 amide bonds. The topological polar surface area (TPSA) is 61.7 Å². The van der Waals surface area contributed by atoms with Gasteiger partial charge in [-0.1, -0.05) is 49.8 Å². The molecule has 0 bridgehead atoms. The van der Waals surface area contributed by atoms with Gasteiger partial charge < -0.3 is 4.90 Å². The second-order valence-electron chi connectivity index (χ2n) is 5.10. The standard InChI is InChI=1S/C14H23N5OS2/c1-4-6-7-8-15-11-10-18(9-5-2)14(20)19(11)12-16-17-13(21-3)22-12/h4-10H2,1-3H3. The molecule has 1 aromatic rings. The predicted octanol–water partition coefficient (Wildman–Crippen LogP) is 3.50. The normalized spacial score (nSPS) is 17.0. The Morgan fingerprint density at radius 2 is 2.09 bits per heavy atom. The zero-order chi connectivity index (χ0) is 15.9. The molecule has 122 valence electrons. The average molecular weight is 342 g/mol. The number of aliphatic imine (C=N–C) groups is 1. The highest BCUT2D eigenvalue weighted by molar-refractivity contribution is 8.00. The number of amides is 2. The molecule has 1 aromatic heterocycles. The van der Waals surface area contributed by atoms with Gasteiger partial charge in [0.25, 0.3) is 0 Å². The number of thioether (sulfide) groups is 1. The molecule has 2 heterocycles. The van der Waals surface area contributed by atoms with E-state index in [0.29, 0.717) is 11.7 Å². The molecular formula is C14H23N5OS2. The van der Waals surface area contributed by atoms with Gasteiger partial charge in [-0.2, -0.15) is 0 Å². The van der Waals surface area contributed by atoms with Crippen LogP contribution in [0.1, 0.15) is 39.5 Å². The summed E-state index contributed by atoms with van der Waals surface area (Å²) in [6, 6.07) is -0.0279. The lowest BCUT2D eigenvalue weighted by molar-refractivity contribution is 0.221. The number of hydrogen-bond acceptors (Lipinski definition) is 6. The molecule has 2 rings (SSSR count). The molecule has 0 spiro atoms. The predicted molar refractivity (Wildman–Crippen MR) is 93.3 cm³/mol. The van der Waals surface area contributed by atoms with Gasteiger partial charge in [-0.15, -0.1) is 10.2 Å². The van der Waals surface area contributed by atoms with Crippen molar-refractivity contribution in [3.63, 3.8) is 0 Å². The van der Waals surface area contributed by atoms with Crippen molar-refractivity contribution in [3.8, 4) is 0 Å². The average Bonchev–Trinajstić information content (AvgIpc) is 3.09. The van der Waals surface area contributed by atoms with Gasteiger partial charge in [-0.05, 0) is 19.1 Å². The summed E-state index contributed by atoms with van der Waals surface area (Å²) >= 11 is 2.98. The maximum absolute atomic E-state index is 12.6. The van der Waals surface area contributed by atoms with Crippen LogP contribution in [0.4, 0.5) is 9.93 Å². The minimum atomic E-state index is -0.0279. The molecule has 0 aliphatic carbocycles. The summed E-state index contributed by atoms with van der Waals surface area (Å²) < 4.78 is 0.863. The van der Waals surface area contributed by atoms with Gasteiger partial charge in [0.15, 0.2) is 4.34 Å². The summed E-state index contributed by atoms with van der Waals surface area (Å²) in [5.41, 5.74) is 0. The lowest BCUT2D eigenvalue weighted by Crippen LogP contribution is -2.33. The van der Waals surface area contributed by atoms with Crippen LogP contribution in [0.25, 0.3) is 0 Å². The van der Waals surface area contributed by atoms with Crippen LogP contribution in [0.15, 0.2) is 9.33 Å². The molecule has 6 nitrogen and oxygen atoms in total. The SMILES string of the molecule is CCCCCN=C1CN(CCC)C(=O)N1c1nnc(SC)s1. The first-order chi connectivity index (χ1) is 10.7. The van der Waals surface area contributed by atoms with Crippen molar-refractivity contribution in [2.24, 2.45) is 4.99 Å². The first kappa shape index (κ1) is 17.2. The van der Waals surface area contributed by atoms with Gasteiger partial charge in [0.2, 0.25) is 5.13 Å². The fraction of sp³-hybridized carbons (Fsp3) is 0.714. The summed E-state index contributed by atoms with van der Waals surface area (Å²) in [4.78, 5) is 20.7. The molecule has 1 aliphatic rings. The van der Waals surface area contributed by atoms with Crippen LogP contribution in [-0.4, -0.2) is 52.9 Å². The lowest BCUT2D eigenvalue weighted by atomic mass is 10.2. The maximum Gasteiger partial charge on any atom is 0.332 e. The van der Waals surface area contributed by atoms with Crippen molar-refractivity contribution < 1.29 is 4.79 Å². The Hall–Kier alpha value is -1.15. The Morgan fingerprint density at radius 3 is 2.73 bits per heavy atom. The van der Waals surface area contributed by atoms with Crippen LogP contribution in [0.3, 0.4) is 0 Å². The van der Waals surface area contributed by atoms with E-state index in [1.165, 1.54) is 35.9 Å². The molecule has 22 heavy (non-hydrogen) atoms. The number of carbonyl (C=O) groups excluding carboxylic acids is 1. The molecule has 1 fully saturated rings.